The van der Waals surface area contributed by atoms with Gasteiger partial charge in [0, 0.05) is 5.54 Å². The summed E-state index contributed by atoms with van der Waals surface area (Å²) < 4.78 is 6.41. The normalized spacial score (nSPS) is 24.9. The van der Waals surface area contributed by atoms with E-state index in [1.165, 1.54) is 51.4 Å². The van der Waals surface area contributed by atoms with Crippen molar-refractivity contribution in [3.05, 3.63) is 0 Å². The van der Waals surface area contributed by atoms with Crippen molar-refractivity contribution in [2.24, 2.45) is 0 Å². The lowest BCUT2D eigenvalue weighted by Crippen LogP contribution is -2.47. The van der Waals surface area contributed by atoms with Crippen molar-refractivity contribution in [3.63, 3.8) is 0 Å². The fraction of sp³-hybridized carbons (Fsp3) is 1.00. The SMILES string of the molecule is CC(C)(C)NCCC1(OC2CCCC2)CCC1. The van der Waals surface area contributed by atoms with Gasteiger partial charge in [0.05, 0.1) is 11.7 Å². The first-order valence-corrected chi connectivity index (χ1v) is 7.42. The summed E-state index contributed by atoms with van der Waals surface area (Å²) in [6, 6.07) is 0. The van der Waals surface area contributed by atoms with E-state index in [-0.39, 0.29) is 11.1 Å². The Labute approximate surface area is 107 Å². The molecular formula is C15H29NO. The second kappa shape index (κ2) is 5.27. The summed E-state index contributed by atoms with van der Waals surface area (Å²) in [5, 5.41) is 3.59. The minimum Gasteiger partial charge on any atom is -0.372 e. The van der Waals surface area contributed by atoms with Crippen molar-refractivity contribution in [1.82, 2.24) is 5.32 Å². The van der Waals surface area contributed by atoms with Gasteiger partial charge < -0.3 is 10.1 Å². The number of hydrogen-bond acceptors (Lipinski definition) is 2. The standard InChI is InChI=1S/C15H29NO/c1-14(2,3)16-12-11-15(9-6-10-15)17-13-7-4-5-8-13/h13,16H,4-12H2,1-3H3. The fourth-order valence-electron chi connectivity index (χ4n) is 3.02. The van der Waals surface area contributed by atoms with Crippen molar-refractivity contribution < 1.29 is 4.74 Å². The molecule has 17 heavy (non-hydrogen) atoms. The Morgan fingerprint density at radius 1 is 1.12 bits per heavy atom. The van der Waals surface area contributed by atoms with Crippen LogP contribution in [0.3, 0.4) is 0 Å². The summed E-state index contributed by atoms with van der Waals surface area (Å²) >= 11 is 0. The molecule has 0 aliphatic heterocycles. The largest absolute Gasteiger partial charge is 0.372 e. The van der Waals surface area contributed by atoms with Crippen molar-refractivity contribution in [2.75, 3.05) is 6.54 Å². The Balaban J connectivity index is 1.74. The van der Waals surface area contributed by atoms with Gasteiger partial charge in [-0.15, -0.1) is 0 Å². The minimum atomic E-state index is 0.234. The van der Waals surface area contributed by atoms with Crippen LogP contribution in [0.15, 0.2) is 0 Å². The van der Waals surface area contributed by atoms with Crippen molar-refractivity contribution in [2.45, 2.75) is 89.4 Å². The van der Waals surface area contributed by atoms with Gasteiger partial charge in [-0.05, 0) is 65.8 Å². The molecule has 0 aromatic rings. The third-order valence-corrected chi connectivity index (χ3v) is 4.22. The van der Waals surface area contributed by atoms with Crippen LogP contribution in [0.4, 0.5) is 0 Å². The monoisotopic (exact) mass is 239 g/mol. The number of ether oxygens (including phenoxy) is 1. The Kier molecular flexibility index (Phi) is 4.14. The molecule has 2 heteroatoms. The van der Waals surface area contributed by atoms with Gasteiger partial charge in [0.25, 0.3) is 0 Å². The van der Waals surface area contributed by atoms with Crippen LogP contribution in [0.1, 0.15) is 72.1 Å². The van der Waals surface area contributed by atoms with Gasteiger partial charge in [0.15, 0.2) is 0 Å². The molecule has 0 aromatic heterocycles. The molecule has 1 N–H and O–H groups in total. The van der Waals surface area contributed by atoms with E-state index >= 15 is 0 Å². The van der Waals surface area contributed by atoms with Crippen molar-refractivity contribution in [3.8, 4) is 0 Å². The van der Waals surface area contributed by atoms with E-state index in [4.69, 9.17) is 4.74 Å². The molecule has 0 atom stereocenters. The van der Waals surface area contributed by atoms with Crippen LogP contribution in [-0.4, -0.2) is 23.8 Å². The Hall–Kier alpha value is -0.0800. The van der Waals surface area contributed by atoms with Gasteiger partial charge in [-0.25, -0.2) is 0 Å². The highest BCUT2D eigenvalue weighted by Crippen LogP contribution is 2.41. The predicted octanol–water partition coefficient (Wildman–Crippen LogP) is 3.65. The van der Waals surface area contributed by atoms with E-state index in [1.807, 2.05) is 0 Å². The molecule has 0 saturated heterocycles. The lowest BCUT2D eigenvalue weighted by Gasteiger charge is -2.44. The summed E-state index contributed by atoms with van der Waals surface area (Å²) in [6.45, 7) is 7.80. The maximum atomic E-state index is 6.41. The van der Waals surface area contributed by atoms with Crippen LogP contribution in [-0.2, 0) is 4.74 Å². The average Bonchev–Trinajstić information content (AvgIpc) is 2.64. The maximum absolute atomic E-state index is 6.41. The Morgan fingerprint density at radius 3 is 2.24 bits per heavy atom. The lowest BCUT2D eigenvalue weighted by molar-refractivity contribution is -0.140. The molecule has 2 fully saturated rings. The second-order valence-corrected chi connectivity index (χ2v) is 6.99. The molecule has 2 aliphatic rings. The summed E-state index contributed by atoms with van der Waals surface area (Å²) in [6.07, 6.45) is 11.1. The Bertz CT molecular complexity index is 234. The van der Waals surface area contributed by atoms with Gasteiger partial charge in [0.1, 0.15) is 0 Å². The average molecular weight is 239 g/mol. The van der Waals surface area contributed by atoms with E-state index in [9.17, 15) is 0 Å². The third-order valence-electron chi connectivity index (χ3n) is 4.22. The zero-order valence-electron chi connectivity index (χ0n) is 11.8. The molecule has 2 saturated carbocycles. The molecule has 0 amide bonds. The van der Waals surface area contributed by atoms with Gasteiger partial charge in [-0.3, -0.25) is 0 Å². The first-order chi connectivity index (χ1) is 7.99. The summed E-state index contributed by atoms with van der Waals surface area (Å²) in [7, 11) is 0. The van der Waals surface area contributed by atoms with E-state index < -0.39 is 0 Å². The van der Waals surface area contributed by atoms with E-state index in [0.29, 0.717) is 6.10 Å². The van der Waals surface area contributed by atoms with E-state index in [1.54, 1.807) is 0 Å². The number of rotatable bonds is 5. The molecule has 2 nitrogen and oxygen atoms in total. The van der Waals surface area contributed by atoms with Crippen LogP contribution in [0.5, 0.6) is 0 Å². The highest BCUT2D eigenvalue weighted by Gasteiger charge is 2.40. The smallest absolute Gasteiger partial charge is 0.0698 e. The van der Waals surface area contributed by atoms with Crippen LogP contribution in [0, 0.1) is 0 Å². The zero-order chi connectivity index (χ0) is 12.4. The molecule has 2 aliphatic carbocycles. The van der Waals surface area contributed by atoms with Crippen molar-refractivity contribution in [1.29, 1.82) is 0 Å². The number of hydrogen-bond donors (Lipinski definition) is 1. The van der Waals surface area contributed by atoms with Gasteiger partial charge >= 0.3 is 0 Å². The zero-order valence-corrected chi connectivity index (χ0v) is 11.8. The highest BCUT2D eigenvalue weighted by atomic mass is 16.5. The molecule has 0 bridgehead atoms. The van der Waals surface area contributed by atoms with Crippen LogP contribution < -0.4 is 5.32 Å². The van der Waals surface area contributed by atoms with E-state index in [2.05, 4.69) is 26.1 Å². The molecule has 0 radical (unpaired) electrons. The molecule has 0 aromatic carbocycles. The summed E-state index contributed by atoms with van der Waals surface area (Å²) in [5.41, 5.74) is 0.478. The molecular weight excluding hydrogens is 210 g/mol. The molecule has 0 spiro atoms. The molecule has 0 unspecified atom stereocenters. The topological polar surface area (TPSA) is 21.3 Å². The quantitative estimate of drug-likeness (QED) is 0.791. The summed E-state index contributed by atoms with van der Waals surface area (Å²) in [4.78, 5) is 0. The van der Waals surface area contributed by atoms with Crippen LogP contribution >= 0.6 is 0 Å². The first-order valence-electron chi connectivity index (χ1n) is 7.42. The molecule has 0 heterocycles. The van der Waals surface area contributed by atoms with Gasteiger partial charge in [0.2, 0.25) is 0 Å². The lowest BCUT2D eigenvalue weighted by atomic mass is 9.77. The Morgan fingerprint density at radius 2 is 1.76 bits per heavy atom. The second-order valence-electron chi connectivity index (χ2n) is 6.99. The molecule has 2 rings (SSSR count). The summed E-state index contributed by atoms with van der Waals surface area (Å²) in [5.74, 6) is 0. The predicted molar refractivity (Wildman–Crippen MR) is 72.3 cm³/mol. The molecule has 100 valence electrons. The number of nitrogens with one attached hydrogen (secondary N) is 1. The van der Waals surface area contributed by atoms with Gasteiger partial charge in [-0.2, -0.15) is 0 Å². The minimum absolute atomic E-state index is 0.234. The van der Waals surface area contributed by atoms with Crippen molar-refractivity contribution >= 4 is 0 Å². The highest BCUT2D eigenvalue weighted by molar-refractivity contribution is 4.92. The first kappa shape index (κ1) is 13.4. The van der Waals surface area contributed by atoms with E-state index in [0.717, 1.165) is 6.54 Å². The maximum Gasteiger partial charge on any atom is 0.0698 e. The third kappa shape index (κ3) is 3.96. The fourth-order valence-corrected chi connectivity index (χ4v) is 3.02. The van der Waals surface area contributed by atoms with Crippen LogP contribution in [0.2, 0.25) is 0 Å². The van der Waals surface area contributed by atoms with Gasteiger partial charge in [-0.1, -0.05) is 12.8 Å². The van der Waals surface area contributed by atoms with Crippen LogP contribution in [0.25, 0.3) is 0 Å².